The summed E-state index contributed by atoms with van der Waals surface area (Å²) >= 11 is 3.30. The minimum Gasteiger partial charge on any atom is -0.481 e. The molecule has 10 heavy (non-hydrogen) atoms. The maximum absolute atomic E-state index is 10.1. The van der Waals surface area contributed by atoms with Crippen molar-refractivity contribution in [2.45, 2.75) is 37.4 Å². The Morgan fingerprint density at radius 2 is 2.30 bits per heavy atom. The normalized spacial score (nSPS) is 13.0. The molecule has 0 fully saturated rings. The fourth-order valence-electron chi connectivity index (χ4n) is 0.717. The average molecular weight is 209 g/mol. The summed E-state index contributed by atoms with van der Waals surface area (Å²) in [6.45, 7) is 2.10. The van der Waals surface area contributed by atoms with E-state index in [0.29, 0.717) is 0 Å². The first-order chi connectivity index (χ1) is 4.66. The summed E-state index contributed by atoms with van der Waals surface area (Å²) in [5.74, 6) is -0.724. The molecule has 0 bridgehead atoms. The van der Waals surface area contributed by atoms with Gasteiger partial charge in [-0.3, -0.25) is 4.79 Å². The highest BCUT2D eigenvalue weighted by atomic mass is 79.9. The molecule has 3 heteroatoms. The molecule has 0 heterocycles. The monoisotopic (exact) mass is 208 g/mol. The van der Waals surface area contributed by atoms with Crippen LogP contribution in [0.2, 0.25) is 0 Å². The number of hydrogen-bond donors (Lipinski definition) is 1. The zero-order valence-electron chi connectivity index (χ0n) is 6.14. The van der Waals surface area contributed by atoms with Gasteiger partial charge in [-0.2, -0.15) is 0 Å². The van der Waals surface area contributed by atoms with E-state index in [4.69, 9.17) is 5.11 Å². The van der Waals surface area contributed by atoms with Gasteiger partial charge in [-0.15, -0.1) is 0 Å². The lowest BCUT2D eigenvalue weighted by atomic mass is 10.1. The number of unbranched alkanes of at least 4 members (excludes halogenated alkanes) is 1. The lowest BCUT2D eigenvalue weighted by molar-refractivity contribution is -0.136. The summed E-state index contributed by atoms with van der Waals surface area (Å²) in [5.41, 5.74) is 0. The number of aliphatic carboxylic acids is 1. The molecule has 1 unspecified atom stereocenters. The number of carboxylic acids is 1. The molecule has 0 amide bonds. The Morgan fingerprint density at radius 3 is 2.70 bits per heavy atom. The van der Waals surface area contributed by atoms with Crippen molar-refractivity contribution in [3.8, 4) is 0 Å². The molecule has 2 nitrogen and oxygen atoms in total. The van der Waals surface area contributed by atoms with Gasteiger partial charge < -0.3 is 5.11 Å². The molecule has 0 saturated carbocycles. The number of rotatable bonds is 5. The highest BCUT2D eigenvalue weighted by Gasteiger charge is 2.07. The quantitative estimate of drug-likeness (QED) is 0.706. The molecular weight excluding hydrogens is 196 g/mol. The second-order valence-corrected chi connectivity index (χ2v) is 3.63. The summed E-state index contributed by atoms with van der Waals surface area (Å²) in [6.07, 6.45) is 3.42. The molecule has 0 rings (SSSR count). The Balaban J connectivity index is 3.25. The molecular formula is C7H13BrO2. The summed E-state index contributed by atoms with van der Waals surface area (Å²) in [6, 6.07) is 0. The Labute approximate surface area is 69.8 Å². The van der Waals surface area contributed by atoms with Crippen LogP contribution in [0.3, 0.4) is 0 Å². The molecule has 60 valence electrons. The molecule has 0 saturated heterocycles. The van der Waals surface area contributed by atoms with E-state index < -0.39 is 5.97 Å². The van der Waals surface area contributed by atoms with E-state index in [1.807, 2.05) is 0 Å². The second kappa shape index (κ2) is 5.71. The fourth-order valence-corrected chi connectivity index (χ4v) is 1.32. The zero-order chi connectivity index (χ0) is 7.98. The first-order valence-corrected chi connectivity index (χ1v) is 4.44. The molecule has 0 aromatic heterocycles. The third kappa shape index (κ3) is 6.08. The highest BCUT2D eigenvalue weighted by Crippen LogP contribution is 2.12. The highest BCUT2D eigenvalue weighted by molar-refractivity contribution is 9.09. The minimum atomic E-state index is -0.724. The Morgan fingerprint density at radius 1 is 1.70 bits per heavy atom. The van der Waals surface area contributed by atoms with Crippen molar-refractivity contribution in [2.75, 3.05) is 0 Å². The second-order valence-electron chi connectivity index (χ2n) is 2.34. The van der Waals surface area contributed by atoms with Crippen LogP contribution in [0.25, 0.3) is 0 Å². The van der Waals surface area contributed by atoms with Crippen LogP contribution in [-0.2, 0) is 4.79 Å². The van der Waals surface area contributed by atoms with Gasteiger partial charge in [0.25, 0.3) is 0 Å². The van der Waals surface area contributed by atoms with Crippen LogP contribution >= 0.6 is 15.9 Å². The van der Waals surface area contributed by atoms with Crippen LogP contribution in [0.4, 0.5) is 0 Å². The third-order valence-electron chi connectivity index (χ3n) is 1.27. The van der Waals surface area contributed by atoms with Gasteiger partial charge in [0.2, 0.25) is 0 Å². The van der Waals surface area contributed by atoms with Gasteiger partial charge in [0.1, 0.15) is 0 Å². The largest absolute Gasteiger partial charge is 0.481 e. The Kier molecular flexibility index (Phi) is 5.69. The predicted octanol–water partition coefficient (Wildman–Crippen LogP) is 2.41. The van der Waals surface area contributed by atoms with Crippen molar-refractivity contribution in [3.63, 3.8) is 0 Å². The first kappa shape index (κ1) is 9.95. The van der Waals surface area contributed by atoms with Crippen LogP contribution in [0.5, 0.6) is 0 Å². The zero-order valence-corrected chi connectivity index (χ0v) is 7.73. The number of carboxylic acid groups (broad SMARTS) is 1. The summed E-state index contributed by atoms with van der Waals surface area (Å²) < 4.78 is 0. The number of halogens is 1. The molecule has 0 aliphatic heterocycles. The van der Waals surface area contributed by atoms with Gasteiger partial charge >= 0.3 is 5.97 Å². The lowest BCUT2D eigenvalue weighted by Gasteiger charge is -2.03. The molecule has 1 atom stereocenters. The van der Waals surface area contributed by atoms with Crippen LogP contribution in [0.1, 0.15) is 32.6 Å². The molecule has 0 spiro atoms. The molecule has 0 aliphatic carbocycles. The van der Waals surface area contributed by atoms with Gasteiger partial charge in [-0.1, -0.05) is 35.7 Å². The van der Waals surface area contributed by atoms with Gasteiger partial charge in [0, 0.05) is 4.83 Å². The van der Waals surface area contributed by atoms with Gasteiger partial charge in [0.05, 0.1) is 6.42 Å². The predicted molar refractivity (Wildman–Crippen MR) is 44.5 cm³/mol. The summed E-state index contributed by atoms with van der Waals surface area (Å²) in [7, 11) is 0. The van der Waals surface area contributed by atoms with Crippen molar-refractivity contribution >= 4 is 21.9 Å². The molecule has 1 N–H and O–H groups in total. The van der Waals surface area contributed by atoms with E-state index in [1.54, 1.807) is 0 Å². The molecule has 0 aromatic rings. The van der Waals surface area contributed by atoms with Crippen LogP contribution < -0.4 is 0 Å². The molecule has 0 radical (unpaired) electrons. The average Bonchev–Trinajstić information content (AvgIpc) is 1.82. The Hall–Kier alpha value is -0.0500. The smallest absolute Gasteiger partial charge is 0.304 e. The fraction of sp³-hybridized carbons (Fsp3) is 0.857. The van der Waals surface area contributed by atoms with E-state index in [9.17, 15) is 4.79 Å². The minimum absolute atomic E-state index is 0.157. The van der Waals surface area contributed by atoms with Gasteiger partial charge in [-0.05, 0) is 6.42 Å². The maximum atomic E-state index is 10.1. The third-order valence-corrected chi connectivity index (χ3v) is 2.05. The number of hydrogen-bond acceptors (Lipinski definition) is 1. The van der Waals surface area contributed by atoms with E-state index in [2.05, 4.69) is 22.9 Å². The van der Waals surface area contributed by atoms with Crippen LogP contribution in [0.15, 0.2) is 0 Å². The summed E-state index contributed by atoms with van der Waals surface area (Å²) in [4.78, 5) is 10.3. The van der Waals surface area contributed by atoms with Crippen molar-refractivity contribution in [1.82, 2.24) is 0 Å². The SMILES string of the molecule is CCCCC(Br)CC(=O)O. The van der Waals surface area contributed by atoms with Crippen LogP contribution in [0, 0.1) is 0 Å². The van der Waals surface area contributed by atoms with Gasteiger partial charge in [-0.25, -0.2) is 0 Å². The number of carbonyl (C=O) groups is 1. The van der Waals surface area contributed by atoms with Crippen molar-refractivity contribution < 1.29 is 9.90 Å². The van der Waals surface area contributed by atoms with Gasteiger partial charge in [0.15, 0.2) is 0 Å². The van der Waals surface area contributed by atoms with E-state index in [-0.39, 0.29) is 11.2 Å². The van der Waals surface area contributed by atoms with E-state index >= 15 is 0 Å². The Bertz CT molecular complexity index is 104. The van der Waals surface area contributed by atoms with E-state index in [0.717, 1.165) is 19.3 Å². The first-order valence-electron chi connectivity index (χ1n) is 3.52. The van der Waals surface area contributed by atoms with Crippen molar-refractivity contribution in [2.24, 2.45) is 0 Å². The van der Waals surface area contributed by atoms with Crippen LogP contribution in [-0.4, -0.2) is 15.9 Å². The summed E-state index contributed by atoms with van der Waals surface area (Å²) in [5, 5.41) is 8.35. The topological polar surface area (TPSA) is 37.3 Å². The molecule has 0 aromatic carbocycles. The van der Waals surface area contributed by atoms with Crippen molar-refractivity contribution in [3.05, 3.63) is 0 Å². The lowest BCUT2D eigenvalue weighted by Crippen LogP contribution is -2.05. The van der Waals surface area contributed by atoms with E-state index in [1.165, 1.54) is 0 Å². The van der Waals surface area contributed by atoms with Crippen molar-refractivity contribution in [1.29, 1.82) is 0 Å². The number of alkyl halides is 1. The standard InChI is InChI=1S/C7H13BrO2/c1-2-3-4-6(8)5-7(9)10/h6H,2-5H2,1H3,(H,9,10). The molecule has 0 aliphatic rings. The maximum Gasteiger partial charge on any atom is 0.304 e.